The molecular formula is C21H22O2. The van der Waals surface area contributed by atoms with Gasteiger partial charge in [0.25, 0.3) is 0 Å². The summed E-state index contributed by atoms with van der Waals surface area (Å²) in [6.07, 6.45) is 0.833. The number of carbonyl (C=O) groups excluding carboxylic acids is 1. The summed E-state index contributed by atoms with van der Waals surface area (Å²) < 4.78 is 0. The fourth-order valence-electron chi connectivity index (χ4n) is 1.62. The average Bonchev–Trinajstić information content (AvgIpc) is 2.60. The summed E-state index contributed by atoms with van der Waals surface area (Å²) in [5.41, 5.74) is 3.47. The number of benzene rings is 3. The van der Waals surface area contributed by atoms with E-state index >= 15 is 0 Å². The normalized spacial score (nSPS) is 8.78. The molecule has 2 heteroatoms. The highest BCUT2D eigenvalue weighted by Gasteiger charge is 1.84. The smallest absolute Gasteiger partial charge is 0.150 e. The van der Waals surface area contributed by atoms with Gasteiger partial charge in [0.2, 0.25) is 0 Å². The molecule has 0 heterocycles. The highest BCUT2D eigenvalue weighted by atomic mass is 16.3. The van der Waals surface area contributed by atoms with E-state index in [-0.39, 0.29) is 0 Å². The molecule has 118 valence electrons. The number of aldehydes is 1. The molecule has 1 N–H and O–H groups in total. The van der Waals surface area contributed by atoms with E-state index in [0.717, 1.165) is 11.8 Å². The molecule has 0 spiro atoms. The molecule has 0 aliphatic heterocycles. The Labute approximate surface area is 138 Å². The molecule has 0 saturated heterocycles. The maximum absolute atomic E-state index is 10.0. The number of phenols is 1. The van der Waals surface area contributed by atoms with Crippen molar-refractivity contribution in [3.63, 3.8) is 0 Å². The van der Waals surface area contributed by atoms with Crippen LogP contribution in [0.2, 0.25) is 0 Å². The van der Waals surface area contributed by atoms with E-state index in [9.17, 15) is 4.79 Å². The van der Waals surface area contributed by atoms with Gasteiger partial charge in [0.1, 0.15) is 12.0 Å². The molecule has 0 unspecified atom stereocenters. The van der Waals surface area contributed by atoms with Gasteiger partial charge in [0.15, 0.2) is 0 Å². The molecular weight excluding hydrogens is 284 g/mol. The van der Waals surface area contributed by atoms with Crippen LogP contribution < -0.4 is 0 Å². The fraction of sp³-hybridized carbons (Fsp3) is 0.0952. The van der Waals surface area contributed by atoms with E-state index in [4.69, 9.17) is 5.11 Å². The summed E-state index contributed by atoms with van der Waals surface area (Å²) in [7, 11) is 0. The van der Waals surface area contributed by atoms with Gasteiger partial charge < -0.3 is 5.11 Å². The Kier molecular flexibility index (Phi) is 8.54. The monoisotopic (exact) mass is 306 g/mol. The third kappa shape index (κ3) is 8.22. The molecule has 0 aromatic heterocycles. The SMILES string of the molecule is Cc1ccccc1C.O=Cc1ccccc1.Oc1ccccc1. The van der Waals surface area contributed by atoms with Gasteiger partial charge in [-0.1, -0.05) is 72.8 Å². The van der Waals surface area contributed by atoms with Gasteiger partial charge in [-0.15, -0.1) is 0 Å². The average molecular weight is 306 g/mol. The van der Waals surface area contributed by atoms with Gasteiger partial charge in [-0.3, -0.25) is 4.79 Å². The quantitative estimate of drug-likeness (QED) is 0.628. The first-order valence-corrected chi connectivity index (χ1v) is 7.40. The molecule has 3 aromatic rings. The van der Waals surface area contributed by atoms with Gasteiger partial charge in [-0.05, 0) is 37.1 Å². The third-order valence-corrected chi connectivity index (χ3v) is 3.12. The minimum absolute atomic E-state index is 0.322. The van der Waals surface area contributed by atoms with Crippen LogP contribution in [-0.2, 0) is 0 Å². The van der Waals surface area contributed by atoms with E-state index in [2.05, 4.69) is 38.1 Å². The Morgan fingerprint density at radius 1 is 0.652 bits per heavy atom. The number of aryl methyl sites for hydroxylation is 2. The van der Waals surface area contributed by atoms with Crippen LogP contribution in [0.1, 0.15) is 21.5 Å². The van der Waals surface area contributed by atoms with Crippen molar-refractivity contribution in [3.8, 4) is 5.75 Å². The summed E-state index contributed by atoms with van der Waals surface area (Å²) in [5, 5.41) is 8.63. The zero-order valence-electron chi connectivity index (χ0n) is 13.5. The maximum Gasteiger partial charge on any atom is 0.150 e. The minimum Gasteiger partial charge on any atom is -0.508 e. The van der Waals surface area contributed by atoms with Crippen LogP contribution in [0.5, 0.6) is 5.75 Å². The van der Waals surface area contributed by atoms with Gasteiger partial charge in [0, 0.05) is 5.56 Å². The molecule has 0 radical (unpaired) electrons. The molecule has 3 rings (SSSR count). The van der Waals surface area contributed by atoms with Gasteiger partial charge in [-0.2, -0.15) is 0 Å². The number of carbonyl (C=O) groups is 1. The van der Waals surface area contributed by atoms with Crippen molar-refractivity contribution in [1.29, 1.82) is 0 Å². The molecule has 0 fully saturated rings. The Balaban J connectivity index is 0.000000173. The summed E-state index contributed by atoms with van der Waals surface area (Å²) in [6, 6.07) is 26.2. The van der Waals surface area contributed by atoms with E-state index in [1.54, 1.807) is 36.4 Å². The van der Waals surface area contributed by atoms with Crippen LogP contribution in [0.3, 0.4) is 0 Å². The number of hydrogen-bond acceptors (Lipinski definition) is 2. The van der Waals surface area contributed by atoms with Crippen LogP contribution in [0.25, 0.3) is 0 Å². The van der Waals surface area contributed by atoms with Gasteiger partial charge >= 0.3 is 0 Å². The van der Waals surface area contributed by atoms with Crippen LogP contribution in [0.4, 0.5) is 0 Å². The Morgan fingerprint density at radius 2 is 1.04 bits per heavy atom. The predicted molar refractivity (Wildman–Crippen MR) is 95.9 cm³/mol. The Bertz CT molecular complexity index is 655. The first-order valence-electron chi connectivity index (χ1n) is 7.40. The highest BCUT2D eigenvalue weighted by Crippen LogP contribution is 2.03. The molecule has 0 saturated carbocycles. The number of hydrogen-bond donors (Lipinski definition) is 1. The van der Waals surface area contributed by atoms with Crippen molar-refractivity contribution in [1.82, 2.24) is 0 Å². The van der Waals surface area contributed by atoms with Crippen molar-refractivity contribution in [2.75, 3.05) is 0 Å². The molecule has 0 amide bonds. The van der Waals surface area contributed by atoms with E-state index in [1.165, 1.54) is 11.1 Å². The maximum atomic E-state index is 10.0. The van der Waals surface area contributed by atoms with E-state index in [0.29, 0.717) is 5.75 Å². The molecule has 0 aliphatic carbocycles. The minimum atomic E-state index is 0.322. The second-order valence-corrected chi connectivity index (χ2v) is 4.95. The molecule has 0 aliphatic rings. The lowest BCUT2D eigenvalue weighted by atomic mass is 10.1. The van der Waals surface area contributed by atoms with Crippen molar-refractivity contribution < 1.29 is 9.90 Å². The summed E-state index contributed by atoms with van der Waals surface area (Å²) in [4.78, 5) is 10.0. The lowest BCUT2D eigenvalue weighted by Gasteiger charge is -1.93. The van der Waals surface area contributed by atoms with Crippen molar-refractivity contribution >= 4 is 6.29 Å². The second kappa shape index (κ2) is 10.8. The number of para-hydroxylation sites is 1. The molecule has 0 bridgehead atoms. The predicted octanol–water partition coefficient (Wildman–Crippen LogP) is 5.19. The summed E-state index contributed by atoms with van der Waals surface area (Å²) in [5.74, 6) is 0.322. The highest BCUT2D eigenvalue weighted by molar-refractivity contribution is 5.74. The van der Waals surface area contributed by atoms with Crippen molar-refractivity contribution in [3.05, 3.63) is 102 Å². The van der Waals surface area contributed by atoms with Gasteiger partial charge in [0.05, 0.1) is 0 Å². The zero-order chi connectivity index (χ0) is 16.9. The largest absolute Gasteiger partial charge is 0.508 e. The van der Waals surface area contributed by atoms with Crippen molar-refractivity contribution in [2.24, 2.45) is 0 Å². The lowest BCUT2D eigenvalue weighted by Crippen LogP contribution is -1.74. The Hall–Kier alpha value is -2.87. The molecule has 2 nitrogen and oxygen atoms in total. The van der Waals surface area contributed by atoms with Gasteiger partial charge in [-0.25, -0.2) is 0 Å². The topological polar surface area (TPSA) is 37.3 Å². The summed E-state index contributed by atoms with van der Waals surface area (Å²) in [6.45, 7) is 4.24. The Morgan fingerprint density at radius 3 is 1.30 bits per heavy atom. The lowest BCUT2D eigenvalue weighted by molar-refractivity contribution is 0.112. The van der Waals surface area contributed by atoms with Crippen LogP contribution in [-0.4, -0.2) is 11.4 Å². The first kappa shape index (κ1) is 18.2. The van der Waals surface area contributed by atoms with Crippen molar-refractivity contribution in [2.45, 2.75) is 13.8 Å². The second-order valence-electron chi connectivity index (χ2n) is 4.95. The number of rotatable bonds is 1. The third-order valence-electron chi connectivity index (χ3n) is 3.12. The molecule has 3 aromatic carbocycles. The fourth-order valence-corrected chi connectivity index (χ4v) is 1.62. The standard InChI is InChI=1S/C8H10.C7H6O.C6H6O/c1-7-5-3-4-6-8(7)2;8-6-7-4-2-1-3-5-7;7-6-4-2-1-3-5-6/h3-6H,1-2H3;1-6H;1-5,7H. The van der Waals surface area contributed by atoms with Crippen LogP contribution in [0, 0.1) is 13.8 Å². The zero-order valence-corrected chi connectivity index (χ0v) is 13.5. The first-order chi connectivity index (χ1) is 11.1. The number of phenolic OH excluding ortho intramolecular Hbond substituents is 1. The molecule has 0 atom stereocenters. The van der Waals surface area contributed by atoms with Crippen LogP contribution >= 0.6 is 0 Å². The van der Waals surface area contributed by atoms with E-state index in [1.807, 2.05) is 24.3 Å². The van der Waals surface area contributed by atoms with E-state index < -0.39 is 0 Å². The summed E-state index contributed by atoms with van der Waals surface area (Å²) >= 11 is 0. The van der Waals surface area contributed by atoms with Crippen LogP contribution in [0.15, 0.2) is 84.9 Å². The molecule has 23 heavy (non-hydrogen) atoms. The number of aromatic hydroxyl groups is 1.